The molecule has 0 fully saturated rings. The first-order valence-corrected chi connectivity index (χ1v) is 33.4. The van der Waals surface area contributed by atoms with Crippen LogP contribution in [-0.2, 0) is 14.3 Å². The summed E-state index contributed by atoms with van der Waals surface area (Å²) in [5.41, 5.74) is 0. The topological polar surface area (TPSA) is 95.9 Å². The van der Waals surface area contributed by atoms with Crippen molar-refractivity contribution in [2.45, 2.75) is 392 Å². The molecule has 0 spiro atoms. The van der Waals surface area contributed by atoms with E-state index in [1.807, 2.05) is 0 Å². The molecule has 0 heterocycles. The third-order valence-corrected chi connectivity index (χ3v) is 15.8. The van der Waals surface area contributed by atoms with Crippen molar-refractivity contribution in [1.29, 1.82) is 0 Å². The molecule has 0 aromatic carbocycles. The summed E-state index contributed by atoms with van der Waals surface area (Å²) in [6.45, 7) is 4.97. The second-order valence-electron chi connectivity index (χ2n) is 23.2. The predicted octanol–water partition coefficient (Wildman–Crippen LogP) is 21.2. The van der Waals surface area contributed by atoms with Gasteiger partial charge in [-0.3, -0.25) is 9.59 Å². The van der Waals surface area contributed by atoms with E-state index in [0.29, 0.717) is 25.9 Å². The van der Waals surface area contributed by atoms with Crippen LogP contribution in [0.3, 0.4) is 0 Å². The van der Waals surface area contributed by atoms with Crippen molar-refractivity contribution in [2.75, 3.05) is 13.2 Å². The fourth-order valence-corrected chi connectivity index (χ4v) is 10.7. The van der Waals surface area contributed by atoms with Crippen LogP contribution in [0.25, 0.3) is 0 Å². The van der Waals surface area contributed by atoms with Crippen LogP contribution in [0.2, 0.25) is 0 Å². The first-order chi connectivity index (χ1) is 36.0. The summed E-state index contributed by atoms with van der Waals surface area (Å²) in [5, 5.41) is 23.2. The summed E-state index contributed by atoms with van der Waals surface area (Å²) in [5.74, 6) is -0.0108. The Balaban J connectivity index is 3.31. The maximum Gasteiger partial charge on any atom is 0.305 e. The molecule has 3 N–H and O–H groups in total. The van der Waals surface area contributed by atoms with Gasteiger partial charge in [0.2, 0.25) is 5.91 Å². The minimum Gasteiger partial charge on any atom is -0.466 e. The number of aliphatic hydroxyl groups excluding tert-OH is 2. The lowest BCUT2D eigenvalue weighted by atomic mass is 10.0. The molecule has 0 aromatic rings. The molecule has 0 aliphatic rings. The molecule has 0 rings (SSSR count). The molecular formula is C67H131NO5. The van der Waals surface area contributed by atoms with E-state index in [0.717, 1.165) is 38.5 Å². The maximum atomic E-state index is 12.4. The van der Waals surface area contributed by atoms with Gasteiger partial charge < -0.3 is 20.3 Å². The van der Waals surface area contributed by atoms with E-state index in [4.69, 9.17) is 4.74 Å². The third kappa shape index (κ3) is 59.7. The van der Waals surface area contributed by atoms with Crippen LogP contribution < -0.4 is 5.32 Å². The van der Waals surface area contributed by atoms with Gasteiger partial charge in [0.05, 0.1) is 25.4 Å². The van der Waals surface area contributed by atoms with Crippen LogP contribution >= 0.6 is 0 Å². The van der Waals surface area contributed by atoms with Gasteiger partial charge in [0.1, 0.15) is 0 Å². The highest BCUT2D eigenvalue weighted by Gasteiger charge is 2.20. The van der Waals surface area contributed by atoms with E-state index in [-0.39, 0.29) is 18.5 Å². The van der Waals surface area contributed by atoms with Crippen molar-refractivity contribution in [3.8, 4) is 0 Å². The number of aliphatic hydroxyl groups is 2. The van der Waals surface area contributed by atoms with Gasteiger partial charge in [0.25, 0.3) is 0 Å². The van der Waals surface area contributed by atoms with Crippen molar-refractivity contribution < 1.29 is 24.5 Å². The molecule has 0 aromatic heterocycles. The number of hydrogen-bond donors (Lipinski definition) is 3. The standard InChI is InChI=1S/C67H131NO5/c1-3-5-7-9-11-13-15-37-41-45-49-53-57-61-67(72)73-62-58-54-50-46-42-39-36-34-32-30-28-26-24-22-20-18-16-17-19-21-23-25-27-29-31-33-35-38-40-44-48-52-56-60-66(71)68-64(63-69)65(70)59-55-51-47-43-14-12-10-8-6-4-2/h20,22,64-65,69-70H,3-19,21,23-63H2,1-2H3,(H,68,71)/b22-20-. The minimum atomic E-state index is -0.659. The third-order valence-electron chi connectivity index (χ3n) is 15.8. The molecule has 2 unspecified atom stereocenters. The average molecular weight is 1030 g/mol. The first kappa shape index (κ1) is 71.6. The quantitative estimate of drug-likeness (QED) is 0.0320. The van der Waals surface area contributed by atoms with Crippen molar-refractivity contribution in [3.63, 3.8) is 0 Å². The number of hydrogen-bond acceptors (Lipinski definition) is 5. The Hall–Kier alpha value is -1.40. The zero-order valence-electron chi connectivity index (χ0n) is 49.6. The van der Waals surface area contributed by atoms with Crippen LogP contribution in [0, 0.1) is 0 Å². The molecular weight excluding hydrogens is 899 g/mol. The molecule has 0 aliphatic heterocycles. The fourth-order valence-electron chi connectivity index (χ4n) is 10.7. The molecule has 0 aliphatic carbocycles. The highest BCUT2D eigenvalue weighted by atomic mass is 16.5. The zero-order valence-corrected chi connectivity index (χ0v) is 49.6. The maximum absolute atomic E-state index is 12.4. The second-order valence-corrected chi connectivity index (χ2v) is 23.2. The number of amides is 1. The van der Waals surface area contributed by atoms with Gasteiger partial charge in [-0.1, -0.05) is 328 Å². The number of esters is 1. The molecule has 6 heteroatoms. The minimum absolute atomic E-state index is 0.0208. The monoisotopic (exact) mass is 1030 g/mol. The molecule has 434 valence electrons. The lowest BCUT2D eigenvalue weighted by Crippen LogP contribution is -2.45. The number of unbranched alkanes of at least 4 members (excludes halogenated alkanes) is 50. The smallest absolute Gasteiger partial charge is 0.305 e. The predicted molar refractivity (Wildman–Crippen MR) is 320 cm³/mol. The normalized spacial score (nSPS) is 12.5. The van der Waals surface area contributed by atoms with Gasteiger partial charge in [0, 0.05) is 12.8 Å². The number of nitrogens with one attached hydrogen (secondary N) is 1. The summed E-state index contributed by atoms with van der Waals surface area (Å²) in [6, 6.07) is -0.536. The molecule has 1 amide bonds. The lowest BCUT2D eigenvalue weighted by molar-refractivity contribution is -0.143. The zero-order chi connectivity index (χ0) is 52.9. The highest BCUT2D eigenvalue weighted by molar-refractivity contribution is 5.76. The largest absolute Gasteiger partial charge is 0.466 e. The SMILES string of the molecule is CCCCCCCCCCCCCCCC(=O)OCCCCCCCCCCCCCC/C=C\CCCCCCCCCCCCCCCCCCCC(=O)NC(CO)C(O)CCCCCCCCCCCC. The van der Waals surface area contributed by atoms with Gasteiger partial charge in [0.15, 0.2) is 0 Å². The van der Waals surface area contributed by atoms with Crippen molar-refractivity contribution in [2.24, 2.45) is 0 Å². The van der Waals surface area contributed by atoms with E-state index < -0.39 is 12.1 Å². The van der Waals surface area contributed by atoms with Crippen LogP contribution in [0.15, 0.2) is 12.2 Å². The Morgan fingerprint density at radius 1 is 0.370 bits per heavy atom. The number of carbonyl (C=O) groups excluding carboxylic acids is 2. The van der Waals surface area contributed by atoms with Gasteiger partial charge in [-0.05, 0) is 51.4 Å². The Bertz CT molecular complexity index is 1100. The van der Waals surface area contributed by atoms with Gasteiger partial charge in [-0.2, -0.15) is 0 Å². The summed E-state index contributed by atoms with van der Waals surface area (Å²) >= 11 is 0. The molecule has 6 nitrogen and oxygen atoms in total. The number of ether oxygens (including phenoxy) is 1. The van der Waals surface area contributed by atoms with E-state index in [1.165, 1.54) is 308 Å². The van der Waals surface area contributed by atoms with E-state index in [1.54, 1.807) is 0 Å². The Morgan fingerprint density at radius 3 is 0.973 bits per heavy atom. The summed E-state index contributed by atoms with van der Waals surface area (Å²) in [4.78, 5) is 24.5. The van der Waals surface area contributed by atoms with Crippen LogP contribution in [0.1, 0.15) is 380 Å². The molecule has 73 heavy (non-hydrogen) atoms. The molecule has 2 atom stereocenters. The molecule has 0 saturated carbocycles. The Labute approximate surface area is 457 Å². The van der Waals surface area contributed by atoms with E-state index >= 15 is 0 Å². The summed E-state index contributed by atoms with van der Waals surface area (Å²) < 4.78 is 5.49. The van der Waals surface area contributed by atoms with Crippen molar-refractivity contribution in [3.05, 3.63) is 12.2 Å². The average Bonchev–Trinajstić information content (AvgIpc) is 3.39. The molecule has 0 bridgehead atoms. The van der Waals surface area contributed by atoms with Crippen LogP contribution in [0.4, 0.5) is 0 Å². The summed E-state index contributed by atoms with van der Waals surface area (Å²) in [6.07, 6.45) is 76.9. The first-order valence-electron chi connectivity index (χ1n) is 33.4. The molecule has 0 radical (unpaired) electrons. The Kier molecular flexibility index (Phi) is 61.9. The number of allylic oxidation sites excluding steroid dienone is 2. The van der Waals surface area contributed by atoms with Gasteiger partial charge in [-0.25, -0.2) is 0 Å². The number of rotatable bonds is 63. The second kappa shape index (κ2) is 63.1. The fraction of sp³-hybridized carbons (Fsp3) is 0.940. The molecule has 0 saturated heterocycles. The number of carbonyl (C=O) groups is 2. The van der Waals surface area contributed by atoms with Crippen LogP contribution in [-0.4, -0.2) is 47.4 Å². The van der Waals surface area contributed by atoms with Crippen molar-refractivity contribution in [1.82, 2.24) is 5.32 Å². The summed E-state index contributed by atoms with van der Waals surface area (Å²) in [7, 11) is 0. The van der Waals surface area contributed by atoms with Gasteiger partial charge >= 0.3 is 5.97 Å². The van der Waals surface area contributed by atoms with E-state index in [2.05, 4.69) is 31.3 Å². The highest BCUT2D eigenvalue weighted by Crippen LogP contribution is 2.19. The van der Waals surface area contributed by atoms with E-state index in [9.17, 15) is 19.8 Å². The van der Waals surface area contributed by atoms with Crippen LogP contribution in [0.5, 0.6) is 0 Å². The van der Waals surface area contributed by atoms with Gasteiger partial charge in [-0.15, -0.1) is 0 Å². The Morgan fingerprint density at radius 2 is 0.644 bits per heavy atom. The van der Waals surface area contributed by atoms with Crippen molar-refractivity contribution >= 4 is 11.9 Å². The lowest BCUT2D eigenvalue weighted by Gasteiger charge is -2.22.